The van der Waals surface area contributed by atoms with E-state index in [2.05, 4.69) is 26.1 Å². The highest BCUT2D eigenvalue weighted by Gasteiger charge is 2.32. The second kappa shape index (κ2) is 5.68. The zero-order valence-electron chi connectivity index (χ0n) is 11.5. The third-order valence-corrected chi connectivity index (χ3v) is 3.91. The lowest BCUT2D eigenvalue weighted by Crippen LogP contribution is -2.45. The van der Waals surface area contributed by atoms with E-state index in [4.69, 9.17) is 9.47 Å². The van der Waals surface area contributed by atoms with Crippen LogP contribution in [0.25, 0.3) is 0 Å². The Morgan fingerprint density at radius 1 is 1.24 bits per heavy atom. The predicted molar refractivity (Wildman–Crippen MR) is 69.1 cm³/mol. The highest BCUT2D eigenvalue weighted by atomic mass is 16.6. The Hall–Kier alpha value is -0.120. The van der Waals surface area contributed by atoms with Crippen LogP contribution in [0.15, 0.2) is 0 Å². The molecule has 1 saturated heterocycles. The Morgan fingerprint density at radius 3 is 2.71 bits per heavy atom. The van der Waals surface area contributed by atoms with Gasteiger partial charge in [-0.1, -0.05) is 20.8 Å². The average molecular weight is 241 g/mol. The Morgan fingerprint density at radius 2 is 2.06 bits per heavy atom. The highest BCUT2D eigenvalue weighted by molar-refractivity contribution is 4.87. The number of hydrogen-bond donors (Lipinski definition) is 1. The smallest absolute Gasteiger partial charge is 0.0933 e. The standard InChI is InChI=1S/C14H27NO2/c1-11-6-12(8-14(2,3)7-11)15-9-13-10-16-4-5-17-13/h11-13,15H,4-10H2,1-3H3. The number of ether oxygens (including phenoxy) is 2. The topological polar surface area (TPSA) is 30.5 Å². The summed E-state index contributed by atoms with van der Waals surface area (Å²) in [5, 5.41) is 3.67. The zero-order valence-corrected chi connectivity index (χ0v) is 11.5. The first-order valence-electron chi connectivity index (χ1n) is 6.98. The summed E-state index contributed by atoms with van der Waals surface area (Å²) in [4.78, 5) is 0. The van der Waals surface area contributed by atoms with Gasteiger partial charge in [0, 0.05) is 12.6 Å². The molecule has 17 heavy (non-hydrogen) atoms. The molecule has 0 aromatic heterocycles. The minimum Gasteiger partial charge on any atom is -0.376 e. The first-order chi connectivity index (χ1) is 8.05. The fourth-order valence-corrected chi connectivity index (χ4v) is 3.45. The van der Waals surface area contributed by atoms with E-state index in [1.54, 1.807) is 0 Å². The van der Waals surface area contributed by atoms with E-state index in [0.29, 0.717) is 11.5 Å². The van der Waals surface area contributed by atoms with Gasteiger partial charge >= 0.3 is 0 Å². The molecule has 0 aromatic rings. The fraction of sp³-hybridized carbons (Fsp3) is 1.00. The van der Waals surface area contributed by atoms with Gasteiger partial charge < -0.3 is 14.8 Å². The van der Waals surface area contributed by atoms with Crippen molar-refractivity contribution in [1.82, 2.24) is 5.32 Å². The van der Waals surface area contributed by atoms with Crippen LogP contribution in [0.3, 0.4) is 0 Å². The third kappa shape index (κ3) is 4.23. The van der Waals surface area contributed by atoms with Crippen LogP contribution in [0.4, 0.5) is 0 Å². The number of hydrogen-bond acceptors (Lipinski definition) is 3. The molecule has 0 spiro atoms. The lowest BCUT2D eigenvalue weighted by Gasteiger charge is -2.40. The van der Waals surface area contributed by atoms with E-state index in [-0.39, 0.29) is 6.10 Å². The van der Waals surface area contributed by atoms with E-state index in [1.165, 1.54) is 19.3 Å². The van der Waals surface area contributed by atoms with Gasteiger partial charge in [0.25, 0.3) is 0 Å². The molecule has 1 saturated carbocycles. The summed E-state index contributed by atoms with van der Waals surface area (Å²) in [7, 11) is 0. The van der Waals surface area contributed by atoms with Gasteiger partial charge in [-0.3, -0.25) is 0 Å². The Balaban J connectivity index is 1.74. The molecule has 0 bridgehead atoms. The van der Waals surface area contributed by atoms with E-state index in [1.807, 2.05) is 0 Å². The van der Waals surface area contributed by atoms with Crippen LogP contribution in [-0.4, -0.2) is 38.5 Å². The quantitative estimate of drug-likeness (QED) is 0.822. The van der Waals surface area contributed by atoms with Crippen LogP contribution >= 0.6 is 0 Å². The lowest BCUT2D eigenvalue weighted by molar-refractivity contribution is -0.0878. The molecule has 1 aliphatic heterocycles. The van der Waals surface area contributed by atoms with Crippen LogP contribution in [0.5, 0.6) is 0 Å². The first-order valence-corrected chi connectivity index (χ1v) is 6.98. The summed E-state index contributed by atoms with van der Waals surface area (Å²) >= 11 is 0. The molecule has 3 heteroatoms. The average Bonchev–Trinajstić information content (AvgIpc) is 2.25. The van der Waals surface area contributed by atoms with Crippen molar-refractivity contribution >= 4 is 0 Å². The number of rotatable bonds is 3. The Bertz CT molecular complexity index is 236. The molecular weight excluding hydrogens is 214 g/mol. The van der Waals surface area contributed by atoms with Crippen molar-refractivity contribution in [1.29, 1.82) is 0 Å². The van der Waals surface area contributed by atoms with Gasteiger partial charge in [0.2, 0.25) is 0 Å². The van der Waals surface area contributed by atoms with Gasteiger partial charge in [0.15, 0.2) is 0 Å². The molecular formula is C14H27NO2. The molecule has 1 heterocycles. The monoisotopic (exact) mass is 241 g/mol. The van der Waals surface area contributed by atoms with Crippen molar-refractivity contribution in [3.05, 3.63) is 0 Å². The molecule has 3 unspecified atom stereocenters. The summed E-state index contributed by atoms with van der Waals surface area (Å²) in [5.74, 6) is 0.833. The van der Waals surface area contributed by atoms with Gasteiger partial charge in [-0.25, -0.2) is 0 Å². The molecule has 0 aromatic carbocycles. The molecule has 3 nitrogen and oxygen atoms in total. The molecule has 0 amide bonds. The van der Waals surface area contributed by atoms with Crippen LogP contribution in [0.2, 0.25) is 0 Å². The summed E-state index contributed by atoms with van der Waals surface area (Å²) < 4.78 is 11.1. The highest BCUT2D eigenvalue weighted by Crippen LogP contribution is 2.38. The van der Waals surface area contributed by atoms with Crippen LogP contribution < -0.4 is 5.32 Å². The summed E-state index contributed by atoms with van der Waals surface area (Å²) in [6, 6.07) is 0.652. The Kier molecular flexibility index (Phi) is 4.45. The minimum atomic E-state index is 0.254. The fourth-order valence-electron chi connectivity index (χ4n) is 3.45. The third-order valence-electron chi connectivity index (χ3n) is 3.91. The molecule has 0 radical (unpaired) electrons. The molecule has 2 aliphatic rings. The second-order valence-corrected chi connectivity index (χ2v) is 6.59. The van der Waals surface area contributed by atoms with E-state index < -0.39 is 0 Å². The molecule has 2 fully saturated rings. The maximum Gasteiger partial charge on any atom is 0.0933 e. The van der Waals surface area contributed by atoms with Gasteiger partial charge in [0.1, 0.15) is 0 Å². The maximum absolute atomic E-state index is 5.66. The SMILES string of the molecule is CC1CC(NCC2COCCO2)CC(C)(C)C1. The van der Waals surface area contributed by atoms with Gasteiger partial charge in [0.05, 0.1) is 25.9 Å². The van der Waals surface area contributed by atoms with Crippen molar-refractivity contribution in [3.63, 3.8) is 0 Å². The van der Waals surface area contributed by atoms with Gasteiger partial charge in [-0.05, 0) is 30.6 Å². The van der Waals surface area contributed by atoms with Crippen molar-refractivity contribution in [3.8, 4) is 0 Å². The largest absolute Gasteiger partial charge is 0.376 e. The van der Waals surface area contributed by atoms with E-state index in [9.17, 15) is 0 Å². The van der Waals surface area contributed by atoms with Crippen molar-refractivity contribution in [2.24, 2.45) is 11.3 Å². The molecule has 100 valence electrons. The maximum atomic E-state index is 5.66. The zero-order chi connectivity index (χ0) is 12.3. The van der Waals surface area contributed by atoms with E-state index >= 15 is 0 Å². The Labute approximate surface area is 105 Å². The molecule has 2 rings (SSSR count). The molecule has 3 atom stereocenters. The molecule has 1 N–H and O–H groups in total. The second-order valence-electron chi connectivity index (χ2n) is 6.59. The van der Waals surface area contributed by atoms with Gasteiger partial charge in [-0.15, -0.1) is 0 Å². The minimum absolute atomic E-state index is 0.254. The van der Waals surface area contributed by atoms with Crippen LogP contribution in [-0.2, 0) is 9.47 Å². The predicted octanol–water partition coefficient (Wildman–Crippen LogP) is 2.21. The number of nitrogens with one attached hydrogen (secondary N) is 1. The van der Waals surface area contributed by atoms with Crippen LogP contribution in [0, 0.1) is 11.3 Å². The summed E-state index contributed by atoms with van der Waals surface area (Å²) in [5.41, 5.74) is 0.485. The van der Waals surface area contributed by atoms with Crippen molar-refractivity contribution in [2.75, 3.05) is 26.4 Å². The normalized spacial score (nSPS) is 37.9. The lowest BCUT2D eigenvalue weighted by atomic mass is 9.70. The van der Waals surface area contributed by atoms with Crippen LogP contribution in [0.1, 0.15) is 40.0 Å². The van der Waals surface area contributed by atoms with E-state index in [0.717, 1.165) is 32.3 Å². The van der Waals surface area contributed by atoms with Gasteiger partial charge in [-0.2, -0.15) is 0 Å². The van der Waals surface area contributed by atoms with Crippen molar-refractivity contribution in [2.45, 2.75) is 52.2 Å². The molecule has 1 aliphatic carbocycles. The first kappa shape index (κ1) is 13.3. The summed E-state index contributed by atoms with van der Waals surface area (Å²) in [6.07, 6.45) is 4.19. The van der Waals surface area contributed by atoms with Crippen molar-refractivity contribution < 1.29 is 9.47 Å². The summed E-state index contributed by atoms with van der Waals surface area (Å²) in [6.45, 7) is 10.3.